The minimum Gasteiger partial charge on any atom is -0.381 e. The molecule has 3 rings (SSSR count). The molecule has 0 radical (unpaired) electrons. The Morgan fingerprint density at radius 3 is 2.67 bits per heavy atom. The molecule has 3 aliphatic rings. The highest BCUT2D eigenvalue weighted by molar-refractivity contribution is 5.82. The first-order chi connectivity index (χ1) is 10.3. The Morgan fingerprint density at radius 2 is 1.90 bits per heavy atom. The lowest BCUT2D eigenvalue weighted by Crippen LogP contribution is -2.54. The normalized spacial score (nSPS) is 35.1. The second-order valence-electron chi connectivity index (χ2n) is 6.65. The second-order valence-corrected chi connectivity index (χ2v) is 6.65. The summed E-state index contributed by atoms with van der Waals surface area (Å²) in [6.07, 6.45) is 7.32. The Labute approximate surface area is 128 Å². The van der Waals surface area contributed by atoms with Crippen molar-refractivity contribution in [3.63, 3.8) is 0 Å². The largest absolute Gasteiger partial charge is 0.381 e. The van der Waals surface area contributed by atoms with Gasteiger partial charge in [-0.05, 0) is 45.1 Å². The maximum atomic E-state index is 12.8. The van der Waals surface area contributed by atoms with E-state index in [1.807, 2.05) is 7.11 Å². The van der Waals surface area contributed by atoms with Crippen LogP contribution >= 0.6 is 0 Å². The lowest BCUT2D eigenvalue weighted by Gasteiger charge is -2.39. The van der Waals surface area contributed by atoms with Crippen molar-refractivity contribution in [2.45, 2.75) is 56.7 Å². The number of likely N-dealkylation sites (tertiary alicyclic amines) is 1. The number of nitrogens with one attached hydrogen (secondary N) is 1. The van der Waals surface area contributed by atoms with E-state index < -0.39 is 0 Å². The molecule has 1 aliphatic carbocycles. The Kier molecular flexibility index (Phi) is 5.14. The molecule has 1 N–H and O–H groups in total. The zero-order valence-electron chi connectivity index (χ0n) is 13.2. The summed E-state index contributed by atoms with van der Waals surface area (Å²) in [5.74, 6) is 0.369. The second kappa shape index (κ2) is 7.07. The summed E-state index contributed by atoms with van der Waals surface area (Å²) in [6.45, 7) is 4.70. The van der Waals surface area contributed by atoms with Crippen LogP contribution in [0.5, 0.6) is 0 Å². The van der Waals surface area contributed by atoms with Crippen molar-refractivity contribution in [2.24, 2.45) is 0 Å². The summed E-state index contributed by atoms with van der Waals surface area (Å²) in [5.41, 5.74) is 0. The quantitative estimate of drug-likeness (QED) is 0.838. The summed E-state index contributed by atoms with van der Waals surface area (Å²) in [4.78, 5) is 17.4. The van der Waals surface area contributed by atoms with Crippen LogP contribution in [0.2, 0.25) is 0 Å². The van der Waals surface area contributed by atoms with E-state index in [9.17, 15) is 4.79 Å². The van der Waals surface area contributed by atoms with Gasteiger partial charge in [0.2, 0.25) is 5.91 Å². The molecule has 0 spiro atoms. The Bertz CT molecular complexity index is 357. The van der Waals surface area contributed by atoms with Crippen LogP contribution in [-0.2, 0) is 9.53 Å². The van der Waals surface area contributed by atoms with Gasteiger partial charge in [-0.2, -0.15) is 0 Å². The molecular formula is C16H29N3O2. The van der Waals surface area contributed by atoms with Crippen molar-refractivity contribution < 1.29 is 9.53 Å². The molecule has 3 atom stereocenters. The number of hydrogen-bond donors (Lipinski definition) is 1. The van der Waals surface area contributed by atoms with E-state index in [0.29, 0.717) is 18.1 Å². The monoisotopic (exact) mass is 295 g/mol. The molecule has 0 aromatic heterocycles. The van der Waals surface area contributed by atoms with Gasteiger partial charge in [-0.3, -0.25) is 9.69 Å². The fraction of sp³-hybridized carbons (Fsp3) is 0.938. The lowest BCUT2D eigenvalue weighted by molar-refractivity contribution is -0.138. The molecule has 21 heavy (non-hydrogen) atoms. The molecule has 0 aromatic carbocycles. The number of rotatable bonds is 3. The highest BCUT2D eigenvalue weighted by Crippen LogP contribution is 2.31. The van der Waals surface area contributed by atoms with Gasteiger partial charge in [-0.1, -0.05) is 0 Å². The topological polar surface area (TPSA) is 44.8 Å². The van der Waals surface area contributed by atoms with Crippen LogP contribution in [-0.4, -0.2) is 73.7 Å². The summed E-state index contributed by atoms with van der Waals surface area (Å²) >= 11 is 0. The third kappa shape index (κ3) is 3.41. The van der Waals surface area contributed by atoms with E-state index in [2.05, 4.69) is 15.1 Å². The van der Waals surface area contributed by atoms with Crippen molar-refractivity contribution in [3.05, 3.63) is 0 Å². The summed E-state index contributed by atoms with van der Waals surface area (Å²) in [6, 6.07) is 0.673. The number of methoxy groups -OCH3 is 1. The van der Waals surface area contributed by atoms with Crippen LogP contribution in [0.1, 0.15) is 38.5 Å². The van der Waals surface area contributed by atoms with Gasteiger partial charge in [0.1, 0.15) is 0 Å². The highest BCUT2D eigenvalue weighted by atomic mass is 16.5. The van der Waals surface area contributed by atoms with Gasteiger partial charge in [0, 0.05) is 39.3 Å². The molecule has 2 aliphatic heterocycles. The first-order valence-electron chi connectivity index (χ1n) is 8.57. The standard InChI is InChI=1S/C16H29N3O2/c1-21-14-5-2-4-13(12-14)19-9-3-6-15(19)16(20)18-10-7-17-8-11-18/h13-15,17H,2-12H2,1H3. The molecule has 5 heteroatoms. The van der Waals surface area contributed by atoms with Crippen molar-refractivity contribution in [3.8, 4) is 0 Å². The summed E-state index contributed by atoms with van der Waals surface area (Å²) in [5, 5.41) is 3.32. The maximum absolute atomic E-state index is 12.8. The first-order valence-corrected chi connectivity index (χ1v) is 8.57. The number of piperazine rings is 1. The molecule has 1 amide bonds. The van der Waals surface area contributed by atoms with Gasteiger partial charge in [0.05, 0.1) is 12.1 Å². The van der Waals surface area contributed by atoms with Crippen LogP contribution in [0.15, 0.2) is 0 Å². The van der Waals surface area contributed by atoms with E-state index in [-0.39, 0.29) is 6.04 Å². The van der Waals surface area contributed by atoms with Gasteiger partial charge >= 0.3 is 0 Å². The molecule has 0 aromatic rings. The van der Waals surface area contributed by atoms with E-state index in [4.69, 9.17) is 4.74 Å². The van der Waals surface area contributed by atoms with Crippen LogP contribution in [0.3, 0.4) is 0 Å². The maximum Gasteiger partial charge on any atom is 0.240 e. The average Bonchev–Trinajstić information content (AvgIpc) is 3.04. The number of carbonyl (C=O) groups is 1. The molecule has 0 bridgehead atoms. The third-order valence-corrected chi connectivity index (χ3v) is 5.41. The van der Waals surface area contributed by atoms with Crippen molar-refractivity contribution >= 4 is 5.91 Å². The van der Waals surface area contributed by atoms with E-state index in [1.54, 1.807) is 0 Å². The fourth-order valence-electron chi connectivity index (χ4n) is 4.22. The molecule has 1 saturated carbocycles. The summed E-state index contributed by atoms with van der Waals surface area (Å²) in [7, 11) is 1.82. The molecular weight excluding hydrogens is 266 g/mol. The smallest absolute Gasteiger partial charge is 0.240 e. The van der Waals surface area contributed by atoms with Gasteiger partial charge in [-0.15, -0.1) is 0 Å². The zero-order chi connectivity index (χ0) is 14.7. The minimum absolute atomic E-state index is 0.128. The van der Waals surface area contributed by atoms with Crippen molar-refractivity contribution in [1.29, 1.82) is 0 Å². The van der Waals surface area contributed by atoms with E-state index >= 15 is 0 Å². The van der Waals surface area contributed by atoms with Crippen LogP contribution < -0.4 is 5.32 Å². The molecule has 2 saturated heterocycles. The van der Waals surface area contributed by atoms with Crippen molar-refractivity contribution in [2.75, 3.05) is 39.8 Å². The highest BCUT2D eigenvalue weighted by Gasteiger charge is 2.39. The molecule has 5 nitrogen and oxygen atoms in total. The van der Waals surface area contributed by atoms with Crippen LogP contribution in [0.4, 0.5) is 0 Å². The number of hydrogen-bond acceptors (Lipinski definition) is 4. The number of amides is 1. The summed E-state index contributed by atoms with van der Waals surface area (Å²) < 4.78 is 5.56. The molecule has 120 valence electrons. The average molecular weight is 295 g/mol. The Hall–Kier alpha value is -0.650. The van der Waals surface area contributed by atoms with Gasteiger partial charge in [-0.25, -0.2) is 0 Å². The SMILES string of the molecule is COC1CCCC(N2CCCC2C(=O)N2CCNCC2)C1. The van der Waals surface area contributed by atoms with Crippen molar-refractivity contribution in [1.82, 2.24) is 15.1 Å². The van der Waals surface area contributed by atoms with Gasteiger partial charge in [0.25, 0.3) is 0 Å². The molecule has 3 unspecified atom stereocenters. The first kappa shape index (κ1) is 15.3. The Balaban J connectivity index is 1.62. The molecule has 3 fully saturated rings. The predicted molar refractivity (Wildman–Crippen MR) is 82.2 cm³/mol. The van der Waals surface area contributed by atoms with E-state index in [1.165, 1.54) is 19.3 Å². The molecule has 2 heterocycles. The number of carbonyl (C=O) groups excluding carboxylic acids is 1. The number of nitrogens with zero attached hydrogens (tertiary/aromatic N) is 2. The van der Waals surface area contributed by atoms with Crippen LogP contribution in [0, 0.1) is 0 Å². The predicted octanol–water partition coefficient (Wildman–Crippen LogP) is 0.840. The van der Waals surface area contributed by atoms with Gasteiger partial charge < -0.3 is 15.0 Å². The third-order valence-electron chi connectivity index (χ3n) is 5.41. The Morgan fingerprint density at radius 1 is 1.10 bits per heavy atom. The lowest BCUT2D eigenvalue weighted by atomic mass is 9.91. The zero-order valence-corrected chi connectivity index (χ0v) is 13.2. The van der Waals surface area contributed by atoms with Gasteiger partial charge in [0.15, 0.2) is 0 Å². The minimum atomic E-state index is 0.128. The number of ether oxygens (including phenoxy) is 1. The van der Waals surface area contributed by atoms with E-state index in [0.717, 1.165) is 52.0 Å². The van der Waals surface area contributed by atoms with Crippen LogP contribution in [0.25, 0.3) is 0 Å². The fourth-order valence-corrected chi connectivity index (χ4v) is 4.22.